The first-order valence-corrected chi connectivity index (χ1v) is 8.94. The van der Waals surface area contributed by atoms with Gasteiger partial charge in [-0.3, -0.25) is 0 Å². The second kappa shape index (κ2) is 5.85. The van der Waals surface area contributed by atoms with E-state index in [-0.39, 0.29) is 5.56 Å². The highest BCUT2D eigenvalue weighted by Crippen LogP contribution is 2.34. The minimum Gasteiger partial charge on any atom is -0.241 e. The first-order valence-electron chi connectivity index (χ1n) is 6.46. The molecule has 0 radical (unpaired) electrons. The van der Waals surface area contributed by atoms with Crippen LogP contribution in [0.1, 0.15) is 50.4 Å². The maximum atomic E-state index is 12.9. The second-order valence-corrected chi connectivity index (χ2v) is 9.85. The maximum absolute atomic E-state index is 12.9. The van der Waals surface area contributed by atoms with Crippen molar-refractivity contribution in [2.24, 2.45) is 0 Å². The summed E-state index contributed by atoms with van der Waals surface area (Å²) in [4.78, 5) is 0. The van der Waals surface area contributed by atoms with Crippen molar-refractivity contribution in [2.45, 2.75) is 51.6 Å². The highest BCUT2D eigenvalue weighted by atomic mass is 32.8. The van der Waals surface area contributed by atoms with Gasteiger partial charge >= 0.3 is 6.18 Å². The molecule has 1 aromatic carbocycles. The van der Waals surface area contributed by atoms with E-state index in [9.17, 15) is 17.4 Å². The Hall–Kier alpha value is -0.660. The van der Waals surface area contributed by atoms with Crippen LogP contribution in [0, 0.1) is 6.92 Å². The third-order valence-electron chi connectivity index (χ3n) is 3.29. The van der Waals surface area contributed by atoms with Crippen LogP contribution in [0.2, 0.25) is 0 Å². The molecule has 0 aliphatic heterocycles. The highest BCUT2D eigenvalue weighted by molar-refractivity contribution is 8.32. The first kappa shape index (κ1) is 18.4. The molecule has 1 aromatic rings. The number of nitrogens with one attached hydrogen (secondary N) is 1. The van der Waals surface area contributed by atoms with Gasteiger partial charge in [-0.25, -0.2) is 8.93 Å². The van der Waals surface area contributed by atoms with Gasteiger partial charge in [0.15, 0.2) is 0 Å². The van der Waals surface area contributed by atoms with Gasteiger partial charge in [0.25, 0.3) is 0 Å². The summed E-state index contributed by atoms with van der Waals surface area (Å²) in [5.41, 5.74) is -0.101. The molecule has 0 heterocycles. The predicted molar refractivity (Wildman–Crippen MR) is 83.0 cm³/mol. The Morgan fingerprint density at radius 2 is 1.76 bits per heavy atom. The van der Waals surface area contributed by atoms with Crippen LogP contribution < -0.4 is 4.72 Å². The molecular weight excluding hydrogens is 319 g/mol. The van der Waals surface area contributed by atoms with Crippen molar-refractivity contribution >= 4 is 19.9 Å². The molecule has 2 atom stereocenters. The Labute approximate surface area is 128 Å². The van der Waals surface area contributed by atoms with E-state index in [0.717, 1.165) is 6.07 Å². The van der Waals surface area contributed by atoms with E-state index in [1.54, 1.807) is 33.8 Å². The van der Waals surface area contributed by atoms with Crippen LogP contribution in [0.5, 0.6) is 0 Å². The van der Waals surface area contributed by atoms with Crippen LogP contribution in [0.3, 0.4) is 0 Å². The zero-order chi connectivity index (χ0) is 16.6. The van der Waals surface area contributed by atoms with E-state index >= 15 is 0 Å². The molecule has 0 amide bonds. The average molecular weight is 339 g/mol. The van der Waals surface area contributed by atoms with Crippen molar-refractivity contribution < 1.29 is 17.4 Å². The molecule has 0 fully saturated rings. The van der Waals surface area contributed by atoms with Crippen molar-refractivity contribution in [2.75, 3.05) is 0 Å². The Balaban J connectivity index is 3.19. The van der Waals surface area contributed by atoms with Crippen LogP contribution in [-0.2, 0) is 26.0 Å². The average Bonchev–Trinajstić information content (AvgIpc) is 2.25. The normalized spacial score (nSPS) is 17.3. The first-order chi connectivity index (χ1) is 9.27. The fraction of sp³-hybridized carbons (Fsp3) is 0.571. The van der Waals surface area contributed by atoms with Gasteiger partial charge in [0.1, 0.15) is 0 Å². The largest absolute Gasteiger partial charge is 0.416 e. The number of hydrogen-bond acceptors (Lipinski definition) is 2. The van der Waals surface area contributed by atoms with E-state index < -0.39 is 31.2 Å². The zero-order valence-electron chi connectivity index (χ0n) is 12.7. The molecule has 1 unspecified atom stereocenters. The summed E-state index contributed by atoms with van der Waals surface area (Å²) >= 11 is 5.10. The smallest absolute Gasteiger partial charge is 0.241 e. The van der Waals surface area contributed by atoms with Gasteiger partial charge in [-0.1, -0.05) is 12.1 Å². The van der Waals surface area contributed by atoms with Gasteiger partial charge in [-0.15, -0.1) is 0 Å². The lowest BCUT2D eigenvalue weighted by Crippen LogP contribution is -2.39. The van der Waals surface area contributed by atoms with Crippen molar-refractivity contribution in [1.82, 2.24) is 4.72 Å². The third kappa shape index (κ3) is 4.17. The van der Waals surface area contributed by atoms with Gasteiger partial charge in [0, 0.05) is 6.04 Å². The fourth-order valence-corrected chi connectivity index (χ4v) is 3.28. The molecule has 1 N–H and O–H groups in total. The van der Waals surface area contributed by atoms with Gasteiger partial charge < -0.3 is 0 Å². The molecular formula is C14H20F3NOS2. The number of rotatable bonds is 3. The predicted octanol–water partition coefficient (Wildman–Crippen LogP) is 4.12. The summed E-state index contributed by atoms with van der Waals surface area (Å²) < 4.78 is 53.4. The summed E-state index contributed by atoms with van der Waals surface area (Å²) in [6.07, 6.45) is -4.40. The van der Waals surface area contributed by atoms with Crippen molar-refractivity contribution in [3.8, 4) is 0 Å². The third-order valence-corrected chi connectivity index (χ3v) is 7.35. The monoisotopic (exact) mass is 339 g/mol. The van der Waals surface area contributed by atoms with Crippen molar-refractivity contribution in [3.05, 3.63) is 34.9 Å². The minimum atomic E-state index is -4.40. The lowest BCUT2D eigenvalue weighted by atomic mass is 9.98. The zero-order valence-corrected chi connectivity index (χ0v) is 14.3. The molecule has 0 spiro atoms. The lowest BCUT2D eigenvalue weighted by molar-refractivity contribution is -0.138. The molecule has 1 rings (SSSR count). The molecule has 21 heavy (non-hydrogen) atoms. The van der Waals surface area contributed by atoms with Gasteiger partial charge in [-0.05, 0) is 63.0 Å². The number of halogens is 3. The van der Waals surface area contributed by atoms with Crippen LogP contribution >= 0.6 is 0 Å². The highest BCUT2D eigenvalue weighted by Gasteiger charge is 2.34. The molecule has 0 aliphatic rings. The molecule has 0 aliphatic carbocycles. The number of hydrogen-bond donors (Lipinski definition) is 1. The van der Waals surface area contributed by atoms with Gasteiger partial charge in [-0.2, -0.15) is 13.2 Å². The lowest BCUT2D eigenvalue weighted by Gasteiger charge is -2.27. The fourth-order valence-electron chi connectivity index (χ4n) is 1.90. The number of alkyl halides is 3. The van der Waals surface area contributed by atoms with E-state index in [4.69, 9.17) is 11.2 Å². The van der Waals surface area contributed by atoms with Crippen LogP contribution in [0.15, 0.2) is 18.2 Å². The van der Waals surface area contributed by atoms with Crippen molar-refractivity contribution in [1.29, 1.82) is 0 Å². The number of benzene rings is 1. The molecule has 2 nitrogen and oxygen atoms in total. The molecule has 0 saturated heterocycles. The van der Waals surface area contributed by atoms with Crippen molar-refractivity contribution in [3.63, 3.8) is 0 Å². The van der Waals surface area contributed by atoms with E-state index in [1.165, 1.54) is 13.0 Å². The Morgan fingerprint density at radius 3 is 2.19 bits per heavy atom. The maximum Gasteiger partial charge on any atom is 0.416 e. The second-order valence-electron chi connectivity index (χ2n) is 5.97. The quantitative estimate of drug-likeness (QED) is 0.897. The Kier molecular flexibility index (Phi) is 5.12. The molecule has 7 heteroatoms. The van der Waals surface area contributed by atoms with E-state index in [0.29, 0.717) is 5.56 Å². The molecule has 120 valence electrons. The summed E-state index contributed by atoms with van der Waals surface area (Å²) in [5, 5.41) is 0. The van der Waals surface area contributed by atoms with Crippen LogP contribution in [0.4, 0.5) is 13.2 Å². The minimum absolute atomic E-state index is 0.129. The van der Waals surface area contributed by atoms with Gasteiger partial charge in [0.2, 0.25) is 0 Å². The summed E-state index contributed by atoms with van der Waals surface area (Å²) in [6, 6.07) is 3.46. The topological polar surface area (TPSA) is 29.1 Å². The van der Waals surface area contributed by atoms with E-state index in [1.807, 2.05) is 0 Å². The summed E-state index contributed by atoms with van der Waals surface area (Å²) in [5.74, 6) is 0. The van der Waals surface area contributed by atoms with Gasteiger partial charge in [0.05, 0.1) is 19.0 Å². The Morgan fingerprint density at radius 1 is 1.24 bits per heavy atom. The van der Waals surface area contributed by atoms with E-state index in [2.05, 4.69) is 4.72 Å². The van der Waals surface area contributed by atoms with Crippen LogP contribution in [0.25, 0.3) is 0 Å². The molecule has 0 saturated carbocycles. The molecule has 0 bridgehead atoms. The SMILES string of the molecule is Cc1c([C@H](C)NS(=O)(=S)C(C)(C)C)cccc1C(F)(F)F. The standard InChI is InChI=1S/C14H20F3NOS2/c1-9-11(7-6-8-12(9)14(15,16)17)10(2)18-21(19,20)13(3,4)5/h6-8,10,18H,1-5H3/t10-,21?/m0/s1. The summed E-state index contributed by atoms with van der Waals surface area (Å²) in [7, 11) is -2.81. The Bertz CT molecular complexity index is 616. The molecule has 0 aromatic heterocycles. The van der Waals surface area contributed by atoms with Crippen LogP contribution in [-0.4, -0.2) is 8.96 Å². The summed E-state index contributed by atoms with van der Waals surface area (Å²) in [6.45, 7) is 8.29.